The van der Waals surface area contributed by atoms with E-state index in [2.05, 4.69) is 13.8 Å². The lowest BCUT2D eigenvalue weighted by atomic mass is 9.49. The van der Waals surface area contributed by atoms with Crippen LogP contribution in [0, 0.1) is 46.7 Å². The molecule has 4 aliphatic rings. The van der Waals surface area contributed by atoms with Gasteiger partial charge in [0.05, 0.1) is 5.60 Å². The summed E-state index contributed by atoms with van der Waals surface area (Å²) in [4.78, 5) is 13.7. The van der Waals surface area contributed by atoms with Crippen molar-refractivity contribution in [1.82, 2.24) is 0 Å². The second-order valence-corrected chi connectivity index (χ2v) is 12.7. The van der Waals surface area contributed by atoms with Crippen LogP contribution >= 0.6 is 0 Å². The van der Waals surface area contributed by atoms with Crippen molar-refractivity contribution in [3.8, 4) is 0 Å². The van der Waals surface area contributed by atoms with Gasteiger partial charge in [-0.3, -0.25) is 4.79 Å². The first-order chi connectivity index (χ1) is 15.7. The van der Waals surface area contributed by atoms with Crippen LogP contribution < -0.4 is 0 Å². The fourth-order valence-electron chi connectivity index (χ4n) is 9.23. The summed E-state index contributed by atoms with van der Waals surface area (Å²) in [6.45, 7) is 6.63. The Morgan fingerprint density at radius 2 is 1.73 bits per heavy atom. The smallest absolute Gasteiger partial charge is 0.137 e. The number of carbonyl (C=O) groups is 1. The Morgan fingerprint density at radius 3 is 2.45 bits per heavy atom. The lowest BCUT2D eigenvalue weighted by Crippen LogP contribution is -2.51. The number of halogens is 1. The summed E-state index contributed by atoms with van der Waals surface area (Å²) in [6, 6.07) is 6.78. The van der Waals surface area contributed by atoms with E-state index in [9.17, 15) is 14.3 Å². The molecule has 1 aromatic carbocycles. The summed E-state index contributed by atoms with van der Waals surface area (Å²) >= 11 is 0. The molecule has 0 radical (unpaired) electrons. The van der Waals surface area contributed by atoms with Gasteiger partial charge in [-0.15, -0.1) is 0 Å². The Kier molecular flexibility index (Phi) is 6.25. The zero-order valence-corrected chi connectivity index (χ0v) is 20.9. The Bertz CT molecular complexity index is 861. The van der Waals surface area contributed by atoms with Crippen molar-refractivity contribution < 1.29 is 14.3 Å². The van der Waals surface area contributed by atoms with Gasteiger partial charge in [-0.2, -0.15) is 0 Å². The van der Waals surface area contributed by atoms with Crippen molar-refractivity contribution in [3.63, 3.8) is 0 Å². The van der Waals surface area contributed by atoms with E-state index in [0.717, 1.165) is 49.0 Å². The van der Waals surface area contributed by atoms with Crippen LogP contribution in [-0.2, 0) is 4.79 Å². The molecule has 182 valence electrons. The number of benzene rings is 1. The zero-order chi connectivity index (χ0) is 23.4. The third-order valence-corrected chi connectivity index (χ3v) is 10.9. The van der Waals surface area contributed by atoms with E-state index in [1.807, 2.05) is 19.1 Å². The molecular weight excluding hydrogens is 411 g/mol. The van der Waals surface area contributed by atoms with Gasteiger partial charge in [0.1, 0.15) is 11.6 Å². The molecule has 0 unspecified atom stereocenters. The van der Waals surface area contributed by atoms with Gasteiger partial charge in [-0.25, -0.2) is 4.39 Å². The molecule has 0 aliphatic heterocycles. The monoisotopic (exact) mass is 454 g/mol. The predicted molar refractivity (Wildman–Crippen MR) is 130 cm³/mol. The summed E-state index contributed by atoms with van der Waals surface area (Å²) in [5, 5.41) is 10.6. The van der Waals surface area contributed by atoms with Crippen molar-refractivity contribution in [2.75, 3.05) is 0 Å². The summed E-state index contributed by atoms with van der Waals surface area (Å²) in [5.41, 5.74) is 0.802. The van der Waals surface area contributed by atoms with E-state index in [4.69, 9.17) is 0 Å². The molecule has 33 heavy (non-hydrogen) atoms. The molecule has 0 bridgehead atoms. The first kappa shape index (κ1) is 23.5. The zero-order valence-electron chi connectivity index (χ0n) is 20.9. The maximum atomic E-state index is 13.7. The molecule has 0 saturated heterocycles. The van der Waals surface area contributed by atoms with Gasteiger partial charge in [0.25, 0.3) is 0 Å². The highest BCUT2D eigenvalue weighted by atomic mass is 19.1. The Morgan fingerprint density at radius 1 is 1.00 bits per heavy atom. The summed E-state index contributed by atoms with van der Waals surface area (Å²) < 4.78 is 13.4. The Labute approximate surface area is 199 Å². The second-order valence-electron chi connectivity index (χ2n) is 12.7. The molecule has 5 rings (SSSR count). The lowest BCUT2D eigenvalue weighted by Gasteiger charge is -2.57. The van der Waals surface area contributed by atoms with Crippen LogP contribution in [0.5, 0.6) is 0 Å². The summed E-state index contributed by atoms with van der Waals surface area (Å²) in [7, 11) is 0. The first-order valence-corrected chi connectivity index (χ1v) is 13.7. The number of ketones is 1. The van der Waals surface area contributed by atoms with Crippen molar-refractivity contribution in [2.45, 2.75) is 103 Å². The number of hydrogen-bond acceptors (Lipinski definition) is 2. The third-order valence-electron chi connectivity index (χ3n) is 10.9. The van der Waals surface area contributed by atoms with Crippen molar-refractivity contribution >= 4 is 5.78 Å². The lowest BCUT2D eigenvalue weighted by molar-refractivity contribution is -0.132. The number of aliphatic hydroxyl groups is 1. The highest BCUT2D eigenvalue weighted by Gasteiger charge is 2.58. The van der Waals surface area contributed by atoms with Crippen LogP contribution in [0.3, 0.4) is 0 Å². The van der Waals surface area contributed by atoms with E-state index in [-0.39, 0.29) is 23.1 Å². The van der Waals surface area contributed by atoms with Gasteiger partial charge in [0, 0.05) is 12.3 Å². The van der Waals surface area contributed by atoms with Crippen LogP contribution in [0.2, 0.25) is 0 Å². The predicted octanol–water partition coefficient (Wildman–Crippen LogP) is 7.30. The average molecular weight is 455 g/mol. The molecular formula is C30H43FO2. The highest BCUT2D eigenvalue weighted by molar-refractivity contribution is 5.83. The minimum Gasteiger partial charge on any atom is -0.390 e. The third kappa shape index (κ3) is 4.21. The molecule has 3 heteroatoms. The quantitative estimate of drug-likeness (QED) is 0.507. The molecule has 1 N–H and O–H groups in total. The Balaban J connectivity index is 1.29. The largest absolute Gasteiger partial charge is 0.390 e. The van der Waals surface area contributed by atoms with Crippen LogP contribution in [0.1, 0.15) is 103 Å². The fraction of sp³-hybridized carbons (Fsp3) is 0.767. The van der Waals surface area contributed by atoms with Gasteiger partial charge >= 0.3 is 0 Å². The van der Waals surface area contributed by atoms with Crippen LogP contribution in [-0.4, -0.2) is 16.5 Å². The number of hydrogen-bond donors (Lipinski definition) is 1. The molecule has 4 aliphatic carbocycles. The van der Waals surface area contributed by atoms with Crippen molar-refractivity contribution in [1.29, 1.82) is 0 Å². The molecule has 0 heterocycles. The maximum Gasteiger partial charge on any atom is 0.137 e. The van der Waals surface area contributed by atoms with E-state index < -0.39 is 5.60 Å². The topological polar surface area (TPSA) is 37.3 Å². The van der Waals surface area contributed by atoms with Gasteiger partial charge < -0.3 is 5.11 Å². The van der Waals surface area contributed by atoms with Crippen molar-refractivity contribution in [2.24, 2.45) is 40.9 Å². The van der Waals surface area contributed by atoms with Gasteiger partial charge in [-0.05, 0) is 130 Å². The second kappa shape index (κ2) is 8.77. The molecule has 2 nitrogen and oxygen atoms in total. The van der Waals surface area contributed by atoms with Gasteiger partial charge in [-0.1, -0.05) is 26.0 Å². The first-order valence-electron chi connectivity index (χ1n) is 13.7. The van der Waals surface area contributed by atoms with E-state index in [1.165, 1.54) is 50.7 Å². The van der Waals surface area contributed by atoms with Gasteiger partial charge in [0.2, 0.25) is 0 Å². The fourth-order valence-corrected chi connectivity index (χ4v) is 9.23. The van der Waals surface area contributed by atoms with E-state index >= 15 is 0 Å². The number of fused-ring (bicyclic) bond motifs is 5. The van der Waals surface area contributed by atoms with E-state index in [0.29, 0.717) is 24.0 Å². The molecule has 0 aromatic heterocycles. The van der Waals surface area contributed by atoms with Crippen LogP contribution in [0.25, 0.3) is 0 Å². The average Bonchev–Trinajstić information content (AvgIpc) is 3.14. The molecule has 1 aromatic rings. The molecule has 0 spiro atoms. The SMILES string of the molecule is CC[C@H](CC(=O)[C@H]1CC[C@H]2[C@@H]3CC[C@@H]4C[C@](C)(O)CC[C@@H]4[C@H]3CC[C@]12C)c1ccc(F)cc1. The van der Waals surface area contributed by atoms with Crippen molar-refractivity contribution in [3.05, 3.63) is 35.6 Å². The molecule has 0 amide bonds. The molecule has 4 saturated carbocycles. The summed E-state index contributed by atoms with van der Waals surface area (Å²) in [6.07, 6.45) is 12.0. The summed E-state index contributed by atoms with van der Waals surface area (Å²) in [5.74, 6) is 4.44. The number of rotatable bonds is 5. The van der Waals surface area contributed by atoms with E-state index in [1.54, 1.807) is 0 Å². The van der Waals surface area contributed by atoms with Crippen LogP contribution in [0.4, 0.5) is 4.39 Å². The van der Waals surface area contributed by atoms with Gasteiger partial charge in [0.15, 0.2) is 0 Å². The normalized spacial score (nSPS) is 43.3. The highest BCUT2D eigenvalue weighted by Crippen LogP contribution is 2.65. The number of Topliss-reactive ketones (excluding diaryl/α,β-unsaturated/α-hetero) is 1. The molecule has 4 fully saturated rings. The maximum absolute atomic E-state index is 13.7. The minimum absolute atomic E-state index is 0.159. The minimum atomic E-state index is -0.456. The van der Waals surface area contributed by atoms with Crippen LogP contribution in [0.15, 0.2) is 24.3 Å². The standard InChI is InChI=1S/C30H43FO2/c1-4-19(20-5-8-22(31)9-6-20)17-28(32)27-12-11-26-25-10-7-21-18-29(2,33)15-13-23(21)24(25)14-16-30(26,27)3/h5-6,8-9,19,21,23-27,33H,4,7,10-18H2,1-3H3/t19-,21-,23+,24-,25-,26+,27-,29-,30+/m1/s1. The molecule has 9 atom stereocenters. The Hall–Kier alpha value is -1.22. The number of carbonyl (C=O) groups excluding carboxylic acids is 1.